The zero-order chi connectivity index (χ0) is 21.3. The molecule has 29 heavy (non-hydrogen) atoms. The number of pyridine rings is 1. The molecule has 8 nitrogen and oxygen atoms in total. The highest BCUT2D eigenvalue weighted by molar-refractivity contribution is 7.21. The number of primary amides is 1. The van der Waals surface area contributed by atoms with E-state index in [1.165, 1.54) is 11.3 Å². The molecule has 0 radical (unpaired) electrons. The first-order chi connectivity index (χ1) is 13.6. The second-order valence-electron chi connectivity index (χ2n) is 8.23. The van der Waals surface area contributed by atoms with Gasteiger partial charge in [-0.3, -0.25) is 4.79 Å². The molecule has 3 heterocycles. The Morgan fingerprint density at radius 1 is 1.24 bits per heavy atom. The van der Waals surface area contributed by atoms with Gasteiger partial charge in [0, 0.05) is 31.6 Å². The molecule has 2 aromatic heterocycles. The number of fused-ring (bicyclic) bond motifs is 1. The van der Waals surface area contributed by atoms with Crippen molar-refractivity contribution in [2.75, 3.05) is 36.8 Å². The molecule has 1 saturated heterocycles. The summed E-state index contributed by atoms with van der Waals surface area (Å²) in [7, 11) is 0. The number of piperazine rings is 1. The van der Waals surface area contributed by atoms with E-state index in [1.54, 1.807) is 4.90 Å². The maximum atomic E-state index is 12.3. The number of nitrogen functional groups attached to an aromatic ring is 1. The first kappa shape index (κ1) is 21.2. The first-order valence-electron chi connectivity index (χ1n) is 9.85. The molecule has 0 bridgehead atoms. The summed E-state index contributed by atoms with van der Waals surface area (Å²) in [5.74, 6) is 0.308. The molecule has 1 aliphatic rings. The number of hydrogen-bond acceptors (Lipinski definition) is 7. The lowest BCUT2D eigenvalue weighted by atomic mass is 10.1. The minimum Gasteiger partial charge on any atom is -0.444 e. The van der Waals surface area contributed by atoms with Crippen molar-refractivity contribution in [1.29, 1.82) is 0 Å². The summed E-state index contributed by atoms with van der Waals surface area (Å²) in [6.45, 7) is 10.1. The van der Waals surface area contributed by atoms with E-state index in [2.05, 4.69) is 11.8 Å². The van der Waals surface area contributed by atoms with Crippen LogP contribution in [-0.2, 0) is 11.2 Å². The number of aromatic nitrogens is 1. The molecule has 0 aliphatic carbocycles. The lowest BCUT2D eigenvalue weighted by Gasteiger charge is -2.36. The molecule has 1 aliphatic heterocycles. The van der Waals surface area contributed by atoms with E-state index in [-0.39, 0.29) is 6.09 Å². The van der Waals surface area contributed by atoms with Crippen LogP contribution in [0, 0.1) is 0 Å². The number of rotatable bonds is 4. The molecule has 0 atom stereocenters. The largest absolute Gasteiger partial charge is 0.444 e. The quantitative estimate of drug-likeness (QED) is 0.787. The Morgan fingerprint density at radius 2 is 1.90 bits per heavy atom. The summed E-state index contributed by atoms with van der Waals surface area (Å²) in [5, 5.41) is 0.835. The van der Waals surface area contributed by atoms with Gasteiger partial charge in [-0.1, -0.05) is 13.3 Å². The molecule has 0 unspecified atom stereocenters. The van der Waals surface area contributed by atoms with Gasteiger partial charge in [-0.2, -0.15) is 0 Å². The van der Waals surface area contributed by atoms with Crippen molar-refractivity contribution in [3.8, 4) is 0 Å². The van der Waals surface area contributed by atoms with Crippen molar-refractivity contribution in [3.63, 3.8) is 0 Å². The van der Waals surface area contributed by atoms with Crippen molar-refractivity contribution < 1.29 is 14.3 Å². The Hall–Kier alpha value is -2.55. The van der Waals surface area contributed by atoms with Gasteiger partial charge in [0.2, 0.25) is 0 Å². The Kier molecular flexibility index (Phi) is 5.88. The standard InChI is InChI=1S/C20H29N5O3S/c1-5-6-12-11-13(23-18-14(12)15(21)16(29-18)17(22)26)24-7-9-25(10-8-24)19(27)28-20(2,3)4/h11H,5-10,21H2,1-4H3,(H2,22,26). The summed E-state index contributed by atoms with van der Waals surface area (Å²) in [6.07, 6.45) is 1.50. The number of carbonyl (C=O) groups excluding carboxylic acids is 2. The number of carbonyl (C=O) groups is 2. The Labute approximate surface area is 174 Å². The van der Waals surface area contributed by atoms with Crippen LogP contribution < -0.4 is 16.4 Å². The van der Waals surface area contributed by atoms with Crippen LogP contribution in [0.2, 0.25) is 0 Å². The smallest absolute Gasteiger partial charge is 0.410 e. The number of thiophene rings is 1. The van der Waals surface area contributed by atoms with Crippen molar-refractivity contribution in [2.45, 2.75) is 46.1 Å². The highest BCUT2D eigenvalue weighted by Gasteiger charge is 2.27. The third kappa shape index (κ3) is 4.55. The summed E-state index contributed by atoms with van der Waals surface area (Å²) < 4.78 is 5.46. The first-order valence-corrected chi connectivity index (χ1v) is 10.7. The minimum absolute atomic E-state index is 0.288. The van der Waals surface area contributed by atoms with E-state index >= 15 is 0 Å². The predicted molar refractivity (Wildman–Crippen MR) is 117 cm³/mol. The average Bonchev–Trinajstić information content (AvgIpc) is 2.98. The number of amides is 2. The maximum absolute atomic E-state index is 12.3. The lowest BCUT2D eigenvalue weighted by Crippen LogP contribution is -2.50. The second kappa shape index (κ2) is 8.06. The van der Waals surface area contributed by atoms with Gasteiger partial charge in [-0.15, -0.1) is 11.3 Å². The van der Waals surface area contributed by atoms with Gasteiger partial charge in [0.1, 0.15) is 21.1 Å². The second-order valence-corrected chi connectivity index (χ2v) is 9.23. The van der Waals surface area contributed by atoms with Gasteiger partial charge in [-0.25, -0.2) is 9.78 Å². The van der Waals surface area contributed by atoms with Crippen LogP contribution in [0.3, 0.4) is 0 Å². The lowest BCUT2D eigenvalue weighted by molar-refractivity contribution is 0.0240. The van der Waals surface area contributed by atoms with Gasteiger partial charge in [-0.05, 0) is 38.8 Å². The van der Waals surface area contributed by atoms with Gasteiger partial charge in [0.05, 0.1) is 5.69 Å². The molecule has 4 N–H and O–H groups in total. The monoisotopic (exact) mass is 419 g/mol. The Morgan fingerprint density at radius 3 is 2.45 bits per heavy atom. The molecule has 2 amide bonds. The zero-order valence-electron chi connectivity index (χ0n) is 17.4. The van der Waals surface area contributed by atoms with Crippen LogP contribution in [0.15, 0.2) is 6.07 Å². The topological polar surface area (TPSA) is 115 Å². The van der Waals surface area contributed by atoms with Crippen molar-refractivity contribution in [1.82, 2.24) is 9.88 Å². The molecular formula is C20H29N5O3S. The van der Waals surface area contributed by atoms with Gasteiger partial charge in [0.15, 0.2) is 0 Å². The van der Waals surface area contributed by atoms with Crippen molar-refractivity contribution >= 4 is 45.1 Å². The fourth-order valence-electron chi connectivity index (χ4n) is 3.44. The minimum atomic E-state index is -0.527. The van der Waals surface area contributed by atoms with E-state index in [1.807, 2.05) is 26.8 Å². The summed E-state index contributed by atoms with van der Waals surface area (Å²) in [5.41, 5.74) is 12.7. The SMILES string of the molecule is CCCc1cc(N2CCN(C(=O)OC(C)(C)C)CC2)nc2sc(C(N)=O)c(N)c12. The van der Waals surface area contributed by atoms with Crippen LogP contribution in [0.25, 0.3) is 10.2 Å². The fourth-order valence-corrected chi connectivity index (χ4v) is 4.43. The molecule has 9 heteroatoms. The molecule has 2 aromatic rings. The number of aryl methyl sites for hydroxylation is 1. The molecule has 1 fully saturated rings. The van der Waals surface area contributed by atoms with Crippen LogP contribution in [0.1, 0.15) is 49.4 Å². The number of hydrogen-bond donors (Lipinski definition) is 2. The third-order valence-corrected chi connectivity index (χ3v) is 5.88. The Balaban J connectivity index is 1.84. The van der Waals surface area contributed by atoms with Crippen molar-refractivity contribution in [2.24, 2.45) is 5.73 Å². The van der Waals surface area contributed by atoms with E-state index in [0.717, 1.165) is 34.4 Å². The van der Waals surface area contributed by atoms with E-state index in [9.17, 15) is 9.59 Å². The number of nitrogens with zero attached hydrogens (tertiary/aromatic N) is 3. The number of anilines is 2. The molecule has 3 rings (SSSR count). The molecular weight excluding hydrogens is 390 g/mol. The Bertz CT molecular complexity index is 926. The molecule has 158 valence electrons. The van der Waals surface area contributed by atoms with Gasteiger partial charge < -0.3 is 26.0 Å². The van der Waals surface area contributed by atoms with E-state index in [4.69, 9.17) is 21.2 Å². The summed E-state index contributed by atoms with van der Waals surface area (Å²) in [4.78, 5) is 33.7. The third-order valence-electron chi connectivity index (χ3n) is 4.77. The highest BCUT2D eigenvalue weighted by Crippen LogP contribution is 2.37. The van der Waals surface area contributed by atoms with E-state index < -0.39 is 11.5 Å². The molecule has 0 saturated carbocycles. The normalized spacial score (nSPS) is 15.0. The molecule has 0 spiro atoms. The fraction of sp³-hybridized carbons (Fsp3) is 0.550. The number of ether oxygens (including phenoxy) is 1. The van der Waals surface area contributed by atoms with Gasteiger partial charge >= 0.3 is 6.09 Å². The summed E-state index contributed by atoms with van der Waals surface area (Å²) in [6, 6.07) is 2.04. The zero-order valence-corrected chi connectivity index (χ0v) is 18.3. The maximum Gasteiger partial charge on any atom is 0.410 e. The summed E-state index contributed by atoms with van der Waals surface area (Å²) >= 11 is 1.24. The van der Waals surface area contributed by atoms with Crippen LogP contribution in [-0.4, -0.2) is 53.7 Å². The van der Waals surface area contributed by atoms with Crippen LogP contribution in [0.5, 0.6) is 0 Å². The van der Waals surface area contributed by atoms with E-state index in [0.29, 0.717) is 36.7 Å². The van der Waals surface area contributed by atoms with Gasteiger partial charge in [0.25, 0.3) is 5.91 Å². The average molecular weight is 420 g/mol. The highest BCUT2D eigenvalue weighted by atomic mass is 32.1. The number of nitrogens with two attached hydrogens (primary N) is 2. The van der Waals surface area contributed by atoms with Crippen molar-refractivity contribution in [3.05, 3.63) is 16.5 Å². The predicted octanol–water partition coefficient (Wildman–Crippen LogP) is 2.99. The van der Waals surface area contributed by atoms with Crippen LogP contribution in [0.4, 0.5) is 16.3 Å². The molecule has 0 aromatic carbocycles. The van der Waals surface area contributed by atoms with Crippen LogP contribution >= 0.6 is 11.3 Å².